The van der Waals surface area contributed by atoms with Gasteiger partial charge in [-0.3, -0.25) is 9.48 Å². The van der Waals surface area contributed by atoms with Crippen LogP contribution in [0.4, 0.5) is 13.2 Å². The zero-order valence-electron chi connectivity index (χ0n) is 23.4. The van der Waals surface area contributed by atoms with E-state index in [4.69, 9.17) is 20.0 Å². The zero-order chi connectivity index (χ0) is 29.9. The van der Waals surface area contributed by atoms with Crippen molar-refractivity contribution in [1.82, 2.24) is 15.1 Å². The van der Waals surface area contributed by atoms with Crippen molar-refractivity contribution in [3.05, 3.63) is 83.0 Å². The number of methoxy groups -OCH3 is 1. The number of rotatable bonds is 10. The maximum atomic E-state index is 13.2. The average Bonchev–Trinajstić information content (AvgIpc) is 3.34. The van der Waals surface area contributed by atoms with Gasteiger partial charge in [-0.2, -0.15) is 18.3 Å². The standard InChI is InChI=1S/C31H34F3N3O4/c1-18(2)15-27(20-5-7-21(8-6-20)30(40)35-14-13-28(38)39)37-26-12-11-24(29(41-4)25(26)17-36-37)23-10-9-22(16-19(23)3)31(32,33)34/h5-12,16-18,27-28,38-39H,13-15H2,1-4H3,(H,35,40). The van der Waals surface area contributed by atoms with E-state index in [0.29, 0.717) is 33.9 Å². The van der Waals surface area contributed by atoms with Gasteiger partial charge in [-0.1, -0.05) is 32.0 Å². The molecule has 3 aromatic carbocycles. The lowest BCUT2D eigenvalue weighted by Crippen LogP contribution is -2.27. The van der Waals surface area contributed by atoms with Gasteiger partial charge >= 0.3 is 6.18 Å². The van der Waals surface area contributed by atoms with E-state index < -0.39 is 18.0 Å². The molecule has 0 bridgehead atoms. The Morgan fingerprint density at radius 3 is 2.32 bits per heavy atom. The predicted molar refractivity (Wildman–Crippen MR) is 151 cm³/mol. The molecule has 0 fully saturated rings. The van der Waals surface area contributed by atoms with Crippen LogP contribution < -0.4 is 10.1 Å². The highest BCUT2D eigenvalue weighted by atomic mass is 19.4. The lowest BCUT2D eigenvalue weighted by molar-refractivity contribution is -0.137. The summed E-state index contributed by atoms with van der Waals surface area (Å²) >= 11 is 0. The summed E-state index contributed by atoms with van der Waals surface area (Å²) in [4.78, 5) is 12.4. The Bertz CT molecular complexity index is 1510. The minimum Gasteiger partial charge on any atom is -0.495 e. The van der Waals surface area contributed by atoms with E-state index in [9.17, 15) is 18.0 Å². The maximum absolute atomic E-state index is 13.2. The number of fused-ring (bicyclic) bond motifs is 1. The Morgan fingerprint density at radius 1 is 1.05 bits per heavy atom. The van der Waals surface area contributed by atoms with Crippen molar-refractivity contribution in [3.8, 4) is 16.9 Å². The molecule has 4 rings (SSSR count). The molecule has 41 heavy (non-hydrogen) atoms. The number of halogens is 3. The minimum absolute atomic E-state index is 0.0380. The molecular formula is C31H34F3N3O4. The molecule has 0 saturated heterocycles. The summed E-state index contributed by atoms with van der Waals surface area (Å²) < 4.78 is 47.4. The Hall–Kier alpha value is -3.89. The number of ether oxygens (including phenoxy) is 1. The highest BCUT2D eigenvalue weighted by Gasteiger charge is 2.31. The van der Waals surface area contributed by atoms with Gasteiger partial charge in [0.15, 0.2) is 6.29 Å². The summed E-state index contributed by atoms with van der Waals surface area (Å²) in [5.41, 5.74) is 3.32. The van der Waals surface area contributed by atoms with Crippen LogP contribution in [0.15, 0.2) is 60.8 Å². The maximum Gasteiger partial charge on any atom is 0.416 e. The first-order chi connectivity index (χ1) is 19.4. The molecule has 1 atom stereocenters. The number of nitrogens with zero attached hydrogens (tertiary/aromatic N) is 2. The van der Waals surface area contributed by atoms with Crippen LogP contribution in [-0.4, -0.2) is 45.8 Å². The van der Waals surface area contributed by atoms with E-state index in [0.717, 1.165) is 35.0 Å². The van der Waals surface area contributed by atoms with Crippen molar-refractivity contribution in [2.75, 3.05) is 13.7 Å². The minimum atomic E-state index is -4.42. The third-order valence-electron chi connectivity index (χ3n) is 7.01. The highest BCUT2D eigenvalue weighted by Crippen LogP contribution is 2.41. The fraction of sp³-hybridized carbons (Fsp3) is 0.355. The van der Waals surface area contributed by atoms with E-state index in [1.165, 1.54) is 13.2 Å². The molecule has 0 aliphatic rings. The monoisotopic (exact) mass is 569 g/mol. The van der Waals surface area contributed by atoms with Crippen molar-refractivity contribution in [2.24, 2.45) is 5.92 Å². The van der Waals surface area contributed by atoms with Gasteiger partial charge in [0.05, 0.1) is 35.8 Å². The number of carbonyl (C=O) groups excluding carboxylic acids is 1. The molecule has 1 heterocycles. The zero-order valence-corrected chi connectivity index (χ0v) is 23.4. The number of benzene rings is 3. The first kappa shape index (κ1) is 30.1. The van der Waals surface area contributed by atoms with E-state index in [-0.39, 0.29) is 24.9 Å². The lowest BCUT2D eigenvalue weighted by atomic mass is 9.95. The van der Waals surface area contributed by atoms with Gasteiger partial charge < -0.3 is 20.3 Å². The summed E-state index contributed by atoms with van der Waals surface area (Å²) in [5.74, 6) is 0.543. The lowest BCUT2D eigenvalue weighted by Gasteiger charge is -2.22. The fourth-order valence-electron chi connectivity index (χ4n) is 5.02. The number of aliphatic hydroxyl groups is 2. The molecule has 218 valence electrons. The number of amides is 1. The topological polar surface area (TPSA) is 96.6 Å². The second-order valence-corrected chi connectivity index (χ2v) is 10.5. The summed E-state index contributed by atoms with van der Waals surface area (Å²) in [6.45, 7) is 6.02. The van der Waals surface area contributed by atoms with Gasteiger partial charge in [-0.15, -0.1) is 0 Å². The molecule has 0 radical (unpaired) electrons. The summed E-state index contributed by atoms with van der Waals surface area (Å²) in [5, 5.41) is 26.1. The van der Waals surface area contributed by atoms with Gasteiger partial charge in [0.1, 0.15) is 5.75 Å². The van der Waals surface area contributed by atoms with Crippen LogP contribution >= 0.6 is 0 Å². The van der Waals surface area contributed by atoms with Crippen LogP contribution in [0.3, 0.4) is 0 Å². The van der Waals surface area contributed by atoms with Crippen LogP contribution in [0, 0.1) is 12.8 Å². The highest BCUT2D eigenvalue weighted by molar-refractivity contribution is 5.95. The van der Waals surface area contributed by atoms with Crippen LogP contribution in [0.2, 0.25) is 0 Å². The molecule has 0 aliphatic carbocycles. The fourth-order valence-corrected chi connectivity index (χ4v) is 5.02. The quantitative estimate of drug-likeness (QED) is 0.201. The SMILES string of the molecule is COc1c(-c2ccc(C(F)(F)F)cc2C)ccc2c1cnn2C(CC(C)C)c1ccc(C(=O)NCCC(O)O)cc1. The smallest absolute Gasteiger partial charge is 0.416 e. The molecule has 7 nitrogen and oxygen atoms in total. The molecular weight excluding hydrogens is 535 g/mol. The van der Waals surface area contributed by atoms with Gasteiger partial charge in [-0.05, 0) is 72.4 Å². The van der Waals surface area contributed by atoms with Crippen molar-refractivity contribution in [1.29, 1.82) is 0 Å². The number of carbonyl (C=O) groups is 1. The van der Waals surface area contributed by atoms with Crippen LogP contribution in [0.25, 0.3) is 22.0 Å². The normalized spacial score (nSPS) is 12.8. The van der Waals surface area contributed by atoms with Crippen LogP contribution in [0.1, 0.15) is 59.8 Å². The summed E-state index contributed by atoms with van der Waals surface area (Å²) in [6.07, 6.45) is -3.39. The first-order valence-corrected chi connectivity index (χ1v) is 13.4. The number of nitrogens with one attached hydrogen (secondary N) is 1. The third-order valence-corrected chi connectivity index (χ3v) is 7.01. The molecule has 10 heteroatoms. The molecule has 1 aromatic heterocycles. The molecule has 3 N–H and O–H groups in total. The predicted octanol–water partition coefficient (Wildman–Crippen LogP) is 6.11. The van der Waals surface area contributed by atoms with E-state index in [1.54, 1.807) is 25.3 Å². The van der Waals surface area contributed by atoms with Crippen LogP contribution in [-0.2, 0) is 6.18 Å². The first-order valence-electron chi connectivity index (χ1n) is 13.4. The largest absolute Gasteiger partial charge is 0.495 e. The third kappa shape index (κ3) is 6.71. The molecule has 0 aliphatic heterocycles. The summed E-state index contributed by atoms with van der Waals surface area (Å²) in [7, 11) is 1.53. The second kappa shape index (κ2) is 12.3. The summed E-state index contributed by atoms with van der Waals surface area (Å²) in [6, 6.07) is 14.5. The number of aryl methyl sites for hydroxylation is 1. The molecule has 0 spiro atoms. The van der Waals surface area contributed by atoms with Gasteiger partial charge in [-0.25, -0.2) is 0 Å². The Labute approximate surface area is 236 Å². The molecule has 4 aromatic rings. The molecule has 1 unspecified atom stereocenters. The Balaban J connectivity index is 1.70. The van der Waals surface area contributed by atoms with Gasteiger partial charge in [0.2, 0.25) is 0 Å². The van der Waals surface area contributed by atoms with Crippen molar-refractivity contribution >= 4 is 16.8 Å². The van der Waals surface area contributed by atoms with E-state index in [1.807, 2.05) is 28.9 Å². The van der Waals surface area contributed by atoms with E-state index >= 15 is 0 Å². The average molecular weight is 570 g/mol. The van der Waals surface area contributed by atoms with Crippen molar-refractivity contribution in [3.63, 3.8) is 0 Å². The van der Waals surface area contributed by atoms with E-state index in [2.05, 4.69) is 19.2 Å². The number of aromatic nitrogens is 2. The number of hydrogen-bond donors (Lipinski definition) is 3. The number of aliphatic hydroxyl groups excluding tert-OH is 1. The van der Waals surface area contributed by atoms with Crippen molar-refractivity contribution in [2.45, 2.75) is 52.1 Å². The molecule has 0 saturated carbocycles. The Morgan fingerprint density at radius 2 is 1.73 bits per heavy atom. The second-order valence-electron chi connectivity index (χ2n) is 10.5. The van der Waals surface area contributed by atoms with Crippen LogP contribution in [0.5, 0.6) is 5.75 Å². The number of hydrogen-bond acceptors (Lipinski definition) is 5. The van der Waals surface area contributed by atoms with Gasteiger partial charge in [0, 0.05) is 24.1 Å². The van der Waals surface area contributed by atoms with Crippen molar-refractivity contribution < 1.29 is 32.9 Å². The molecule has 1 amide bonds. The van der Waals surface area contributed by atoms with Gasteiger partial charge in [0.25, 0.3) is 5.91 Å². The number of alkyl halides is 3. The Kier molecular flexibility index (Phi) is 9.04.